The van der Waals surface area contributed by atoms with E-state index in [1.165, 1.54) is 4.90 Å². The maximum absolute atomic E-state index is 13.3. The van der Waals surface area contributed by atoms with Crippen LogP contribution in [0.15, 0.2) is 18.2 Å². The van der Waals surface area contributed by atoms with E-state index in [1.54, 1.807) is 25.1 Å². The number of hydrogen-bond donors (Lipinski definition) is 1. The largest absolute Gasteiger partial charge is 0.358 e. The molecule has 1 saturated heterocycles. The Kier molecular flexibility index (Phi) is 7.54. The van der Waals surface area contributed by atoms with Gasteiger partial charge in [-0.15, -0.1) is 0 Å². The molecule has 1 atom stereocenters. The number of rotatable bonds is 8. The van der Waals surface area contributed by atoms with E-state index in [1.807, 2.05) is 12.1 Å². The summed E-state index contributed by atoms with van der Waals surface area (Å²) < 4.78 is 0. The first-order valence-corrected chi connectivity index (χ1v) is 11.3. The summed E-state index contributed by atoms with van der Waals surface area (Å²) in [6.45, 7) is 8.16. The van der Waals surface area contributed by atoms with Crippen molar-refractivity contribution in [3.05, 3.63) is 23.8 Å². The highest BCUT2D eigenvalue weighted by Crippen LogP contribution is 2.40. The molecule has 1 fully saturated rings. The minimum absolute atomic E-state index is 0.0337. The van der Waals surface area contributed by atoms with Gasteiger partial charge in [0.15, 0.2) is 0 Å². The Labute approximate surface area is 185 Å². The third kappa shape index (κ3) is 5.01. The summed E-state index contributed by atoms with van der Waals surface area (Å²) in [5.74, 6) is -0.361. The molecule has 0 radical (unpaired) electrons. The molecule has 1 aromatic rings. The van der Waals surface area contributed by atoms with Crippen molar-refractivity contribution in [2.75, 3.05) is 63.2 Å². The molecule has 31 heavy (non-hydrogen) atoms. The monoisotopic (exact) mass is 429 g/mol. The van der Waals surface area contributed by atoms with E-state index in [9.17, 15) is 14.4 Å². The molecule has 0 saturated carbocycles. The minimum atomic E-state index is -0.236. The fourth-order valence-corrected chi connectivity index (χ4v) is 4.40. The van der Waals surface area contributed by atoms with E-state index in [4.69, 9.17) is 0 Å². The molecule has 1 aromatic carbocycles. The van der Waals surface area contributed by atoms with Crippen LogP contribution >= 0.6 is 0 Å². The highest BCUT2D eigenvalue weighted by molar-refractivity contribution is 6.09. The molecule has 2 aliphatic rings. The van der Waals surface area contributed by atoms with Crippen LogP contribution in [0.1, 0.15) is 43.5 Å². The van der Waals surface area contributed by atoms with Crippen molar-refractivity contribution < 1.29 is 14.4 Å². The average Bonchev–Trinajstić information content (AvgIpc) is 2.78. The highest BCUT2D eigenvalue weighted by atomic mass is 16.2. The first-order chi connectivity index (χ1) is 14.9. The van der Waals surface area contributed by atoms with E-state index in [2.05, 4.69) is 29.0 Å². The lowest BCUT2D eigenvalue weighted by Gasteiger charge is -2.45. The Bertz CT molecular complexity index is 821. The van der Waals surface area contributed by atoms with Gasteiger partial charge in [0, 0.05) is 39.3 Å². The number of hydrogen-bond acceptors (Lipinski definition) is 5. The summed E-state index contributed by atoms with van der Waals surface area (Å²) in [4.78, 5) is 46.0. The fraction of sp³-hybridized carbons (Fsp3) is 0.609. The first kappa shape index (κ1) is 23.1. The quantitative estimate of drug-likeness (QED) is 0.679. The van der Waals surface area contributed by atoms with Gasteiger partial charge in [0.25, 0.3) is 5.91 Å². The smallest absolute Gasteiger partial charge is 0.253 e. The molecule has 1 N–H and O–H groups in total. The number of nitrogens with zero attached hydrogens (tertiary/aromatic N) is 4. The molecule has 0 unspecified atom stereocenters. The van der Waals surface area contributed by atoms with Crippen molar-refractivity contribution in [3.8, 4) is 0 Å². The molecular weight excluding hydrogens is 394 g/mol. The molecular formula is C23H35N5O3. The average molecular weight is 430 g/mol. The number of piperidine rings is 1. The summed E-state index contributed by atoms with van der Waals surface area (Å²) in [5, 5.41) is 2.94. The summed E-state index contributed by atoms with van der Waals surface area (Å²) >= 11 is 0. The van der Waals surface area contributed by atoms with Crippen molar-refractivity contribution >= 4 is 29.1 Å². The molecule has 8 nitrogen and oxygen atoms in total. The molecule has 0 aliphatic carbocycles. The van der Waals surface area contributed by atoms with Crippen molar-refractivity contribution in [1.82, 2.24) is 15.1 Å². The number of benzene rings is 1. The van der Waals surface area contributed by atoms with Crippen LogP contribution in [-0.4, -0.2) is 86.9 Å². The van der Waals surface area contributed by atoms with Crippen molar-refractivity contribution in [1.29, 1.82) is 0 Å². The molecule has 0 spiro atoms. The van der Waals surface area contributed by atoms with Gasteiger partial charge in [-0.2, -0.15) is 0 Å². The number of anilines is 2. The second-order valence-corrected chi connectivity index (χ2v) is 8.41. The SMILES string of the molecule is CCN(CC)CCNC(=O)CN1C(=O)[C@@H]2CCCCN2c2ccc(C(=O)N(C)C)cc21. The number of nitrogens with one attached hydrogen (secondary N) is 1. The van der Waals surface area contributed by atoms with E-state index in [0.717, 1.165) is 51.1 Å². The number of fused-ring (bicyclic) bond motifs is 3. The zero-order valence-corrected chi connectivity index (χ0v) is 19.2. The number of carbonyl (C=O) groups excluding carboxylic acids is 3. The lowest BCUT2D eigenvalue weighted by Crippen LogP contribution is -2.57. The molecule has 8 heteroatoms. The van der Waals surface area contributed by atoms with Gasteiger partial charge >= 0.3 is 0 Å². The normalized spacial score (nSPS) is 18.0. The predicted octanol–water partition coefficient (Wildman–Crippen LogP) is 1.55. The molecule has 3 rings (SSSR count). The van der Waals surface area contributed by atoms with Crippen LogP contribution in [0.3, 0.4) is 0 Å². The topological polar surface area (TPSA) is 76.2 Å². The lowest BCUT2D eigenvalue weighted by molar-refractivity contribution is -0.125. The van der Waals surface area contributed by atoms with Crippen LogP contribution in [-0.2, 0) is 9.59 Å². The Hall–Kier alpha value is -2.61. The standard InChI is InChI=1S/C23H35N5O3/c1-5-26(6-2)14-12-24-21(29)16-28-20-15-17(22(30)25(3)4)10-11-18(20)27-13-8-7-9-19(27)23(28)31/h10-11,15,19H,5-9,12-14,16H2,1-4H3,(H,24,29)/t19-/m0/s1. The predicted molar refractivity (Wildman–Crippen MR) is 123 cm³/mol. The molecule has 2 aliphatic heterocycles. The van der Waals surface area contributed by atoms with Gasteiger partial charge in [0.2, 0.25) is 11.8 Å². The summed E-state index contributed by atoms with van der Waals surface area (Å²) in [6, 6.07) is 5.25. The maximum Gasteiger partial charge on any atom is 0.253 e. The summed E-state index contributed by atoms with van der Waals surface area (Å²) in [5.41, 5.74) is 2.09. The second kappa shape index (κ2) is 10.1. The summed E-state index contributed by atoms with van der Waals surface area (Å²) in [6.07, 6.45) is 2.83. The van der Waals surface area contributed by atoms with Crippen molar-refractivity contribution in [2.45, 2.75) is 39.2 Å². The van der Waals surface area contributed by atoms with E-state index in [0.29, 0.717) is 17.8 Å². The fourth-order valence-electron chi connectivity index (χ4n) is 4.40. The van der Waals surface area contributed by atoms with Crippen molar-refractivity contribution in [3.63, 3.8) is 0 Å². The number of amides is 3. The van der Waals surface area contributed by atoms with Gasteiger partial charge in [-0.05, 0) is 50.6 Å². The van der Waals surface area contributed by atoms with Gasteiger partial charge in [0.1, 0.15) is 12.6 Å². The molecule has 3 amide bonds. The van der Waals surface area contributed by atoms with Gasteiger partial charge in [0.05, 0.1) is 11.4 Å². The summed E-state index contributed by atoms with van der Waals surface area (Å²) in [7, 11) is 3.41. The Morgan fingerprint density at radius 2 is 1.87 bits per heavy atom. The van der Waals surface area contributed by atoms with Crippen LogP contribution in [0.4, 0.5) is 11.4 Å². The van der Waals surface area contributed by atoms with Gasteiger partial charge in [-0.3, -0.25) is 19.3 Å². The molecule has 2 heterocycles. The molecule has 0 aromatic heterocycles. The van der Waals surface area contributed by atoms with E-state index < -0.39 is 0 Å². The van der Waals surface area contributed by atoms with Crippen LogP contribution in [0.25, 0.3) is 0 Å². The Morgan fingerprint density at radius 3 is 2.55 bits per heavy atom. The maximum atomic E-state index is 13.3. The third-order valence-electron chi connectivity index (χ3n) is 6.23. The zero-order valence-electron chi connectivity index (χ0n) is 19.2. The first-order valence-electron chi connectivity index (χ1n) is 11.3. The van der Waals surface area contributed by atoms with Gasteiger partial charge in [-0.25, -0.2) is 0 Å². The minimum Gasteiger partial charge on any atom is -0.358 e. The molecule has 0 bridgehead atoms. The lowest BCUT2D eigenvalue weighted by atomic mass is 9.95. The zero-order chi connectivity index (χ0) is 22.5. The van der Waals surface area contributed by atoms with Gasteiger partial charge < -0.3 is 20.0 Å². The molecule has 170 valence electrons. The Morgan fingerprint density at radius 1 is 1.13 bits per heavy atom. The van der Waals surface area contributed by atoms with Crippen LogP contribution in [0.5, 0.6) is 0 Å². The van der Waals surface area contributed by atoms with Crippen LogP contribution < -0.4 is 15.1 Å². The van der Waals surface area contributed by atoms with Crippen LogP contribution in [0.2, 0.25) is 0 Å². The number of likely N-dealkylation sites (N-methyl/N-ethyl adjacent to an activating group) is 1. The van der Waals surface area contributed by atoms with E-state index in [-0.39, 0.29) is 30.3 Å². The van der Waals surface area contributed by atoms with Crippen molar-refractivity contribution in [2.24, 2.45) is 0 Å². The second-order valence-electron chi connectivity index (χ2n) is 8.41. The van der Waals surface area contributed by atoms with Crippen LogP contribution in [0, 0.1) is 0 Å². The third-order valence-corrected chi connectivity index (χ3v) is 6.23. The Balaban J connectivity index is 1.83. The van der Waals surface area contributed by atoms with Gasteiger partial charge in [-0.1, -0.05) is 13.8 Å². The van der Waals surface area contributed by atoms with E-state index >= 15 is 0 Å². The highest BCUT2D eigenvalue weighted by Gasteiger charge is 2.40. The number of carbonyl (C=O) groups is 3.